The van der Waals surface area contributed by atoms with Crippen molar-refractivity contribution >= 4 is 34.8 Å². The molecule has 4 aromatic carbocycles. The Morgan fingerprint density at radius 3 is 1.16 bits per heavy atom. The zero-order chi connectivity index (χ0) is 22.4. The molecular formula is C28H24N4. The molecule has 0 amide bonds. The molecule has 0 saturated carbocycles. The van der Waals surface area contributed by atoms with Gasteiger partial charge in [-0.1, -0.05) is 72.8 Å². The van der Waals surface area contributed by atoms with Crippen LogP contribution in [0.5, 0.6) is 0 Å². The number of para-hydroxylation sites is 4. The van der Waals surface area contributed by atoms with Crippen LogP contribution in [-0.4, -0.2) is 12.0 Å². The van der Waals surface area contributed by atoms with Crippen LogP contribution < -0.4 is 0 Å². The third-order valence-electron chi connectivity index (χ3n) is 4.44. The predicted octanol–water partition coefficient (Wildman–Crippen LogP) is 8.26. The molecule has 0 heterocycles. The van der Waals surface area contributed by atoms with E-state index in [-0.39, 0.29) is 0 Å². The lowest BCUT2D eigenvalue weighted by atomic mass is 10.2. The third kappa shape index (κ3) is 7.47. The third-order valence-corrected chi connectivity index (χ3v) is 4.44. The number of aliphatic imine (C=N–C) groups is 4. The average Bonchev–Trinajstić information content (AvgIpc) is 2.83. The summed E-state index contributed by atoms with van der Waals surface area (Å²) in [6.45, 7) is 4.04. The number of benzene rings is 4. The first-order chi connectivity index (χ1) is 15.7. The molecule has 0 unspecified atom stereocenters. The van der Waals surface area contributed by atoms with Crippen molar-refractivity contribution in [3.63, 3.8) is 0 Å². The molecule has 0 radical (unpaired) electrons. The molecule has 0 saturated heterocycles. The summed E-state index contributed by atoms with van der Waals surface area (Å²) in [6, 6.07) is 40.6. The second-order valence-corrected chi connectivity index (χ2v) is 6.89. The highest BCUT2D eigenvalue weighted by Gasteiger charge is 1.93. The Morgan fingerprint density at radius 1 is 0.406 bits per heavy atom. The summed E-state index contributed by atoms with van der Waals surface area (Å²) in [5.74, 6) is 0. The van der Waals surface area contributed by atoms with Gasteiger partial charge >= 0.3 is 0 Å². The highest BCUT2D eigenvalue weighted by Crippen LogP contribution is 2.18. The summed E-state index contributed by atoms with van der Waals surface area (Å²) < 4.78 is 0. The predicted molar refractivity (Wildman–Crippen MR) is 134 cm³/mol. The van der Waals surface area contributed by atoms with E-state index < -0.39 is 0 Å². The number of rotatable bonds is 4. The van der Waals surface area contributed by atoms with Crippen molar-refractivity contribution in [2.24, 2.45) is 20.0 Å². The van der Waals surface area contributed by atoms with Crippen LogP contribution in [-0.2, 0) is 0 Å². The first-order valence-electron chi connectivity index (χ1n) is 10.3. The van der Waals surface area contributed by atoms with E-state index >= 15 is 0 Å². The van der Waals surface area contributed by atoms with Crippen LogP contribution in [0.1, 0.15) is 11.1 Å². The maximum atomic E-state index is 4.23. The zero-order valence-electron chi connectivity index (χ0n) is 18.2. The number of hydrogen-bond donors (Lipinski definition) is 0. The molecule has 0 fully saturated rings. The van der Waals surface area contributed by atoms with E-state index in [1.165, 1.54) is 0 Å². The molecular weight excluding hydrogens is 392 g/mol. The second kappa shape index (κ2) is 12.4. The van der Waals surface area contributed by atoms with Gasteiger partial charge in [0.2, 0.25) is 0 Å². The molecule has 0 aliphatic heterocycles. The summed E-state index contributed by atoms with van der Waals surface area (Å²) in [7, 11) is 0. The van der Waals surface area contributed by atoms with E-state index in [1.54, 1.807) is 0 Å². The van der Waals surface area contributed by atoms with Crippen molar-refractivity contribution in [1.29, 1.82) is 0 Å². The fraction of sp³-hybridized carbons (Fsp3) is 0.0714. The number of nitrogens with zero attached hydrogens (tertiary/aromatic N) is 4. The van der Waals surface area contributed by atoms with E-state index in [0.29, 0.717) is 0 Å². The lowest BCUT2D eigenvalue weighted by Gasteiger charge is -1.96. The van der Waals surface area contributed by atoms with Crippen molar-refractivity contribution in [1.82, 2.24) is 0 Å². The SMILES string of the molecule is C(=Nc1ccccc1)=Nc1ccccc1.Cc1ccccc1N=C=Nc1ccccc1C. The molecule has 0 bridgehead atoms. The summed E-state index contributed by atoms with van der Waals surface area (Å²) >= 11 is 0. The van der Waals surface area contributed by atoms with Gasteiger partial charge in [-0.15, -0.1) is 0 Å². The minimum atomic E-state index is 0.859. The quantitative estimate of drug-likeness (QED) is 0.301. The van der Waals surface area contributed by atoms with Gasteiger partial charge in [0.15, 0.2) is 0 Å². The van der Waals surface area contributed by atoms with Crippen LogP contribution >= 0.6 is 0 Å². The Kier molecular flexibility index (Phi) is 8.63. The smallest absolute Gasteiger partial charge is 0.100 e. The van der Waals surface area contributed by atoms with Crippen LogP contribution in [0.15, 0.2) is 129 Å². The lowest BCUT2D eigenvalue weighted by molar-refractivity contribution is 1.38. The summed E-state index contributed by atoms with van der Waals surface area (Å²) in [5, 5.41) is 0. The summed E-state index contributed by atoms with van der Waals surface area (Å²) in [6.07, 6.45) is 0. The van der Waals surface area contributed by atoms with E-state index in [0.717, 1.165) is 33.9 Å². The Hall–Kier alpha value is -4.36. The van der Waals surface area contributed by atoms with Gasteiger partial charge in [-0.25, -0.2) is 0 Å². The largest absolute Gasteiger partial charge is 0.188 e. The molecule has 0 spiro atoms. The minimum Gasteiger partial charge on any atom is -0.188 e. The molecule has 0 aliphatic rings. The topological polar surface area (TPSA) is 49.4 Å². The molecule has 0 N–H and O–H groups in total. The van der Waals surface area contributed by atoms with Crippen molar-refractivity contribution in [2.45, 2.75) is 13.8 Å². The van der Waals surface area contributed by atoms with Gasteiger partial charge < -0.3 is 0 Å². The average molecular weight is 417 g/mol. The van der Waals surface area contributed by atoms with Gasteiger partial charge in [0.25, 0.3) is 0 Å². The first-order valence-corrected chi connectivity index (χ1v) is 10.3. The van der Waals surface area contributed by atoms with Crippen LogP contribution in [0.2, 0.25) is 0 Å². The van der Waals surface area contributed by atoms with E-state index in [4.69, 9.17) is 0 Å². The van der Waals surface area contributed by atoms with Crippen LogP contribution in [0.25, 0.3) is 0 Å². The highest BCUT2D eigenvalue weighted by molar-refractivity contribution is 5.61. The minimum absolute atomic E-state index is 0.859. The standard InChI is InChI=1S/C15H14N2.C13H10N2/c1-12-7-3-5-9-14(12)16-11-17-15-10-6-4-8-13(15)2;1-3-7-12(8-4-1)14-11-15-13-9-5-2-6-10-13/h3-10H,1-2H3;1-10H. The van der Waals surface area contributed by atoms with E-state index in [9.17, 15) is 0 Å². The molecule has 0 aromatic heterocycles. The first kappa shape index (κ1) is 22.3. The molecule has 156 valence electrons. The Labute approximate surface area is 189 Å². The molecule has 0 atom stereocenters. The molecule has 4 heteroatoms. The van der Waals surface area contributed by atoms with Crippen molar-refractivity contribution in [3.8, 4) is 0 Å². The van der Waals surface area contributed by atoms with Gasteiger partial charge in [0, 0.05) is 0 Å². The lowest BCUT2D eigenvalue weighted by Crippen LogP contribution is -1.73. The zero-order valence-corrected chi connectivity index (χ0v) is 18.2. The fourth-order valence-corrected chi connectivity index (χ4v) is 2.66. The van der Waals surface area contributed by atoms with E-state index in [2.05, 4.69) is 32.0 Å². The molecule has 4 rings (SSSR count). The normalized spacial score (nSPS) is 9.31. The van der Waals surface area contributed by atoms with Gasteiger partial charge in [-0.3, -0.25) is 0 Å². The van der Waals surface area contributed by atoms with Crippen molar-refractivity contribution < 1.29 is 0 Å². The molecule has 4 aromatic rings. The van der Waals surface area contributed by atoms with Crippen LogP contribution in [0, 0.1) is 13.8 Å². The van der Waals surface area contributed by atoms with Gasteiger partial charge in [-0.05, 0) is 61.4 Å². The monoisotopic (exact) mass is 416 g/mol. The van der Waals surface area contributed by atoms with Crippen LogP contribution in [0.3, 0.4) is 0 Å². The molecule has 4 nitrogen and oxygen atoms in total. The van der Waals surface area contributed by atoms with Gasteiger partial charge in [-0.2, -0.15) is 20.0 Å². The van der Waals surface area contributed by atoms with Crippen molar-refractivity contribution in [3.05, 3.63) is 120 Å². The summed E-state index contributed by atoms with van der Waals surface area (Å²) in [5.41, 5.74) is 5.78. The Bertz CT molecular complexity index is 1160. The Morgan fingerprint density at radius 2 is 0.750 bits per heavy atom. The van der Waals surface area contributed by atoms with Gasteiger partial charge in [0.05, 0.1) is 22.7 Å². The number of hydrogen-bond acceptors (Lipinski definition) is 4. The second-order valence-electron chi connectivity index (χ2n) is 6.89. The maximum Gasteiger partial charge on any atom is 0.100 e. The van der Waals surface area contributed by atoms with Gasteiger partial charge in [0.1, 0.15) is 12.0 Å². The molecule has 32 heavy (non-hydrogen) atoms. The molecule has 0 aliphatic carbocycles. The highest BCUT2D eigenvalue weighted by atomic mass is 14.8. The fourth-order valence-electron chi connectivity index (χ4n) is 2.66. The maximum absolute atomic E-state index is 4.23. The Balaban J connectivity index is 0.000000182. The number of aryl methyl sites for hydroxylation is 2. The summed E-state index contributed by atoms with van der Waals surface area (Å²) in [4.78, 5) is 16.6. The van der Waals surface area contributed by atoms with Crippen LogP contribution in [0.4, 0.5) is 22.7 Å². The van der Waals surface area contributed by atoms with E-state index in [1.807, 2.05) is 123 Å². The van der Waals surface area contributed by atoms with Crippen molar-refractivity contribution in [2.75, 3.05) is 0 Å².